The van der Waals surface area contributed by atoms with Crippen molar-refractivity contribution in [3.63, 3.8) is 0 Å². The molecule has 1 saturated carbocycles. The van der Waals surface area contributed by atoms with Crippen LogP contribution in [0.1, 0.15) is 41.4 Å². The lowest BCUT2D eigenvalue weighted by Crippen LogP contribution is -2.05. The molecule has 74 valence electrons. The molecule has 1 aromatic rings. The third kappa shape index (κ3) is 0.879. The minimum absolute atomic E-state index is 0.135. The molecule has 0 spiro atoms. The van der Waals surface area contributed by atoms with Crippen LogP contribution in [-0.2, 0) is 0 Å². The minimum atomic E-state index is -0.135. The molecule has 0 N–H and O–H groups in total. The molecule has 3 unspecified atom stereocenters. The second kappa shape index (κ2) is 2.82. The van der Waals surface area contributed by atoms with E-state index < -0.39 is 0 Å². The Balaban J connectivity index is 2.16. The summed E-state index contributed by atoms with van der Waals surface area (Å²) in [7, 11) is 0. The second-order valence-electron chi connectivity index (χ2n) is 4.69. The van der Waals surface area contributed by atoms with Gasteiger partial charge in [0.25, 0.3) is 0 Å². The van der Waals surface area contributed by atoms with Gasteiger partial charge in [-0.3, -0.25) is 4.39 Å². The summed E-state index contributed by atoms with van der Waals surface area (Å²) in [4.78, 5) is 0. The lowest BCUT2D eigenvalue weighted by Gasteiger charge is -2.16. The van der Waals surface area contributed by atoms with Crippen molar-refractivity contribution in [1.82, 2.24) is 0 Å². The topological polar surface area (TPSA) is 0 Å². The van der Waals surface area contributed by atoms with E-state index >= 15 is 0 Å². The van der Waals surface area contributed by atoms with Gasteiger partial charge in [-0.05, 0) is 48.3 Å². The maximum Gasteiger partial charge on any atom is 0.0934 e. The quantitative estimate of drug-likeness (QED) is 0.635. The molecule has 3 rings (SSSR count). The van der Waals surface area contributed by atoms with Crippen LogP contribution in [0.5, 0.6) is 0 Å². The van der Waals surface area contributed by atoms with Crippen LogP contribution >= 0.6 is 0 Å². The van der Waals surface area contributed by atoms with Gasteiger partial charge < -0.3 is 0 Å². The molecular weight excluding hydrogens is 175 g/mol. The predicted octanol–water partition coefficient (Wildman–Crippen LogP) is 3.56. The Kier molecular flexibility index (Phi) is 1.70. The highest BCUT2D eigenvalue weighted by Gasteiger charge is 2.46. The molecule has 0 heterocycles. The third-order valence-corrected chi connectivity index (χ3v) is 4.13. The van der Waals surface area contributed by atoms with E-state index in [2.05, 4.69) is 25.1 Å². The first-order valence-corrected chi connectivity index (χ1v) is 5.48. The molecule has 1 fully saturated rings. The van der Waals surface area contributed by atoms with Gasteiger partial charge in [-0.1, -0.05) is 18.2 Å². The molecule has 0 amide bonds. The van der Waals surface area contributed by atoms with E-state index in [1.807, 2.05) is 0 Å². The standard InChI is InChI=1S/C13H15F/c1-8-3-2-4-10-9-5-6-11(13(8)10)12(9)7-14/h2-4,9,11-12H,5-7H2,1H3. The summed E-state index contributed by atoms with van der Waals surface area (Å²) in [5.74, 6) is 1.35. The zero-order valence-corrected chi connectivity index (χ0v) is 8.46. The van der Waals surface area contributed by atoms with E-state index in [9.17, 15) is 4.39 Å². The Labute approximate surface area is 84.1 Å². The molecule has 1 heteroatoms. The summed E-state index contributed by atoms with van der Waals surface area (Å²) in [6.45, 7) is 2.03. The Bertz CT molecular complexity index is 369. The van der Waals surface area contributed by atoms with Crippen molar-refractivity contribution in [2.24, 2.45) is 5.92 Å². The number of alkyl halides is 1. The summed E-state index contributed by atoms with van der Waals surface area (Å²) in [6.07, 6.45) is 2.41. The van der Waals surface area contributed by atoms with Gasteiger partial charge >= 0.3 is 0 Å². The van der Waals surface area contributed by atoms with Crippen LogP contribution in [0.2, 0.25) is 0 Å². The normalized spacial score (nSPS) is 33.4. The Morgan fingerprint density at radius 1 is 1.29 bits per heavy atom. The molecular formula is C13H15F. The van der Waals surface area contributed by atoms with Crippen LogP contribution in [-0.4, -0.2) is 6.67 Å². The first-order valence-electron chi connectivity index (χ1n) is 5.48. The second-order valence-corrected chi connectivity index (χ2v) is 4.69. The lowest BCUT2D eigenvalue weighted by atomic mass is 9.89. The molecule has 0 radical (unpaired) electrons. The number of aryl methyl sites for hydroxylation is 1. The fraction of sp³-hybridized carbons (Fsp3) is 0.538. The van der Waals surface area contributed by atoms with Gasteiger partial charge in [0, 0.05) is 5.92 Å². The van der Waals surface area contributed by atoms with Gasteiger partial charge in [-0.25, -0.2) is 0 Å². The highest BCUT2D eigenvalue weighted by molar-refractivity contribution is 5.47. The molecule has 2 bridgehead atoms. The van der Waals surface area contributed by atoms with Crippen molar-refractivity contribution in [1.29, 1.82) is 0 Å². The molecule has 0 aromatic heterocycles. The van der Waals surface area contributed by atoms with Gasteiger partial charge in [-0.2, -0.15) is 0 Å². The highest BCUT2D eigenvalue weighted by atomic mass is 19.1. The van der Waals surface area contributed by atoms with Crippen LogP contribution < -0.4 is 0 Å². The minimum Gasteiger partial charge on any atom is -0.251 e. The number of benzene rings is 1. The van der Waals surface area contributed by atoms with Crippen molar-refractivity contribution >= 4 is 0 Å². The molecule has 3 atom stereocenters. The average Bonchev–Trinajstić information content (AvgIpc) is 2.73. The number of hydrogen-bond donors (Lipinski definition) is 0. The Morgan fingerprint density at radius 3 is 2.79 bits per heavy atom. The molecule has 0 saturated heterocycles. The summed E-state index contributed by atoms with van der Waals surface area (Å²) in [5.41, 5.74) is 4.29. The fourth-order valence-electron chi connectivity index (χ4n) is 3.56. The zero-order valence-electron chi connectivity index (χ0n) is 8.46. The third-order valence-electron chi connectivity index (χ3n) is 4.13. The smallest absolute Gasteiger partial charge is 0.0934 e. The van der Waals surface area contributed by atoms with Gasteiger partial charge in [0.05, 0.1) is 6.67 Å². The largest absolute Gasteiger partial charge is 0.251 e. The molecule has 2 aliphatic carbocycles. The van der Waals surface area contributed by atoms with Gasteiger partial charge in [0.15, 0.2) is 0 Å². The van der Waals surface area contributed by atoms with Gasteiger partial charge in [-0.15, -0.1) is 0 Å². The molecule has 0 aliphatic heterocycles. The number of rotatable bonds is 1. The van der Waals surface area contributed by atoms with E-state index in [-0.39, 0.29) is 6.67 Å². The molecule has 0 nitrogen and oxygen atoms in total. The fourth-order valence-corrected chi connectivity index (χ4v) is 3.56. The van der Waals surface area contributed by atoms with E-state index in [4.69, 9.17) is 0 Å². The van der Waals surface area contributed by atoms with E-state index in [0.29, 0.717) is 17.8 Å². The van der Waals surface area contributed by atoms with Crippen LogP contribution in [0.4, 0.5) is 4.39 Å². The zero-order chi connectivity index (χ0) is 9.71. The van der Waals surface area contributed by atoms with Crippen molar-refractivity contribution in [2.75, 3.05) is 6.67 Å². The van der Waals surface area contributed by atoms with Crippen molar-refractivity contribution < 1.29 is 4.39 Å². The number of hydrogen-bond acceptors (Lipinski definition) is 0. The summed E-state index contributed by atoms with van der Waals surface area (Å²) in [6, 6.07) is 6.48. The lowest BCUT2D eigenvalue weighted by molar-refractivity contribution is 0.338. The molecule has 1 aromatic carbocycles. The van der Waals surface area contributed by atoms with Crippen molar-refractivity contribution in [2.45, 2.75) is 31.6 Å². The SMILES string of the molecule is Cc1cccc2c1C1CCC2C1CF. The van der Waals surface area contributed by atoms with Gasteiger partial charge in [0.1, 0.15) is 0 Å². The molecule has 14 heavy (non-hydrogen) atoms. The van der Waals surface area contributed by atoms with E-state index in [0.717, 1.165) is 0 Å². The maximum atomic E-state index is 12.9. The van der Waals surface area contributed by atoms with Gasteiger partial charge in [0.2, 0.25) is 0 Å². The summed E-state index contributed by atoms with van der Waals surface area (Å²) < 4.78 is 12.9. The van der Waals surface area contributed by atoms with Crippen molar-refractivity contribution in [3.05, 3.63) is 34.9 Å². The van der Waals surface area contributed by atoms with Crippen LogP contribution in [0.15, 0.2) is 18.2 Å². The first-order chi connectivity index (χ1) is 6.83. The van der Waals surface area contributed by atoms with E-state index in [1.54, 1.807) is 0 Å². The predicted molar refractivity (Wildman–Crippen MR) is 55.4 cm³/mol. The van der Waals surface area contributed by atoms with Crippen LogP contribution in [0.3, 0.4) is 0 Å². The number of fused-ring (bicyclic) bond motifs is 5. The van der Waals surface area contributed by atoms with Crippen LogP contribution in [0.25, 0.3) is 0 Å². The maximum absolute atomic E-state index is 12.9. The van der Waals surface area contributed by atoms with Crippen molar-refractivity contribution in [3.8, 4) is 0 Å². The summed E-state index contributed by atoms with van der Waals surface area (Å²) in [5, 5.41) is 0. The Morgan fingerprint density at radius 2 is 2.07 bits per heavy atom. The number of halogens is 1. The highest BCUT2D eigenvalue weighted by Crippen LogP contribution is 2.57. The first kappa shape index (κ1) is 8.46. The molecule has 2 aliphatic rings. The monoisotopic (exact) mass is 190 g/mol. The van der Waals surface area contributed by atoms with Crippen LogP contribution in [0, 0.1) is 12.8 Å². The Hall–Kier alpha value is -0.850. The summed E-state index contributed by atoms with van der Waals surface area (Å²) >= 11 is 0. The van der Waals surface area contributed by atoms with E-state index in [1.165, 1.54) is 29.5 Å². The average molecular weight is 190 g/mol.